The van der Waals surface area contributed by atoms with Crippen LogP contribution in [0.2, 0.25) is 0 Å². The lowest BCUT2D eigenvalue weighted by atomic mass is 10.00. The summed E-state index contributed by atoms with van der Waals surface area (Å²) in [6, 6.07) is 2.51. The van der Waals surface area contributed by atoms with Crippen LogP contribution in [-0.2, 0) is 0 Å². The molecule has 0 N–H and O–H groups in total. The van der Waals surface area contributed by atoms with Gasteiger partial charge in [-0.1, -0.05) is 6.58 Å². The molecule has 25 heavy (non-hydrogen) atoms. The zero-order chi connectivity index (χ0) is 18.0. The summed E-state index contributed by atoms with van der Waals surface area (Å²) in [6.07, 6.45) is 0. The molecular formula is C19H26FN5. The van der Waals surface area contributed by atoms with Crippen LogP contribution in [0.4, 0.5) is 15.8 Å². The number of piperazine rings is 1. The minimum atomic E-state index is -0.143. The average Bonchev–Trinajstić information content (AvgIpc) is 2.64. The van der Waals surface area contributed by atoms with Gasteiger partial charge in [-0.15, -0.1) is 0 Å². The molecule has 3 aliphatic heterocycles. The molecule has 6 heteroatoms. The van der Waals surface area contributed by atoms with E-state index in [1.165, 1.54) is 0 Å². The van der Waals surface area contributed by atoms with Gasteiger partial charge < -0.3 is 19.6 Å². The highest BCUT2D eigenvalue weighted by molar-refractivity contribution is 6.11. The first-order chi connectivity index (χ1) is 11.8. The molecule has 0 radical (unpaired) electrons. The molecule has 1 aromatic rings. The average molecular weight is 343 g/mol. The maximum absolute atomic E-state index is 15.1. The predicted octanol–water partition coefficient (Wildman–Crippen LogP) is 2.26. The fourth-order valence-electron chi connectivity index (χ4n) is 4.54. The Morgan fingerprint density at radius 1 is 1.20 bits per heavy atom. The van der Waals surface area contributed by atoms with Crippen LogP contribution in [0.15, 0.2) is 23.5 Å². The van der Waals surface area contributed by atoms with Crippen LogP contribution in [0.1, 0.15) is 18.1 Å². The monoisotopic (exact) mass is 343 g/mol. The Labute approximate surface area is 149 Å². The van der Waals surface area contributed by atoms with Crippen LogP contribution in [0.25, 0.3) is 0 Å². The lowest BCUT2D eigenvalue weighted by Gasteiger charge is -2.46. The molecule has 0 amide bonds. The fourth-order valence-corrected chi connectivity index (χ4v) is 4.54. The molecule has 3 aliphatic rings. The minimum absolute atomic E-state index is 0.143. The third-order valence-electron chi connectivity index (χ3n) is 5.68. The number of hydrogen-bond acceptors (Lipinski definition) is 5. The Kier molecular flexibility index (Phi) is 3.58. The lowest BCUT2D eigenvalue weighted by Crippen LogP contribution is -2.60. The third kappa shape index (κ3) is 2.27. The van der Waals surface area contributed by atoms with Crippen LogP contribution in [0.3, 0.4) is 0 Å². The van der Waals surface area contributed by atoms with E-state index in [9.17, 15) is 0 Å². The first-order valence-electron chi connectivity index (χ1n) is 8.82. The van der Waals surface area contributed by atoms with Gasteiger partial charge >= 0.3 is 0 Å². The van der Waals surface area contributed by atoms with Gasteiger partial charge in [0.25, 0.3) is 0 Å². The van der Waals surface area contributed by atoms with Crippen molar-refractivity contribution in [1.82, 2.24) is 9.80 Å². The van der Waals surface area contributed by atoms with Crippen molar-refractivity contribution in [3.8, 4) is 0 Å². The quantitative estimate of drug-likeness (QED) is 0.722. The largest absolute Gasteiger partial charge is 0.369 e. The molecule has 0 saturated carbocycles. The fraction of sp³-hybridized carbons (Fsp3) is 0.526. The number of aryl methyl sites for hydroxylation is 1. The Hall–Kier alpha value is -2.08. The van der Waals surface area contributed by atoms with E-state index in [1.54, 1.807) is 0 Å². The van der Waals surface area contributed by atoms with Crippen molar-refractivity contribution < 1.29 is 4.39 Å². The third-order valence-corrected chi connectivity index (χ3v) is 5.68. The number of aliphatic imine (C=N–C) groups is 1. The maximum Gasteiger partial charge on any atom is 0.150 e. The van der Waals surface area contributed by atoms with E-state index in [2.05, 4.69) is 35.3 Å². The topological polar surface area (TPSA) is 25.3 Å². The number of anilines is 2. The van der Waals surface area contributed by atoms with E-state index < -0.39 is 0 Å². The van der Waals surface area contributed by atoms with Gasteiger partial charge in [0.15, 0.2) is 0 Å². The Bertz CT molecular complexity index is 787. The second-order valence-corrected chi connectivity index (χ2v) is 7.67. The van der Waals surface area contributed by atoms with Crippen molar-refractivity contribution in [2.45, 2.75) is 25.9 Å². The predicted molar refractivity (Wildman–Crippen MR) is 101 cm³/mol. The van der Waals surface area contributed by atoms with Gasteiger partial charge in [0, 0.05) is 39.8 Å². The molecule has 1 fully saturated rings. The molecule has 0 aliphatic carbocycles. The zero-order valence-electron chi connectivity index (χ0n) is 15.7. The van der Waals surface area contributed by atoms with Gasteiger partial charge in [-0.25, -0.2) is 9.38 Å². The van der Waals surface area contributed by atoms with Gasteiger partial charge in [0.2, 0.25) is 0 Å². The molecule has 2 unspecified atom stereocenters. The summed E-state index contributed by atoms with van der Waals surface area (Å²) < 4.78 is 15.1. The van der Waals surface area contributed by atoms with E-state index in [-0.39, 0.29) is 11.9 Å². The summed E-state index contributed by atoms with van der Waals surface area (Å²) in [6.45, 7) is 10.9. The number of benzene rings is 1. The number of nitrogens with zero attached hydrogens (tertiary/aromatic N) is 5. The lowest BCUT2D eigenvalue weighted by molar-refractivity contribution is 0.108. The second-order valence-electron chi connectivity index (χ2n) is 7.67. The van der Waals surface area contributed by atoms with E-state index >= 15 is 4.39 Å². The highest BCUT2D eigenvalue weighted by Gasteiger charge is 2.41. The zero-order valence-corrected chi connectivity index (χ0v) is 15.7. The maximum atomic E-state index is 15.1. The molecule has 0 aromatic heterocycles. The highest BCUT2D eigenvalue weighted by atomic mass is 19.1. The summed E-state index contributed by atoms with van der Waals surface area (Å²) in [7, 11) is 6.09. The van der Waals surface area contributed by atoms with Gasteiger partial charge in [-0.05, 0) is 32.5 Å². The molecule has 1 aromatic carbocycles. The smallest absolute Gasteiger partial charge is 0.150 e. The Morgan fingerprint density at radius 2 is 1.92 bits per heavy atom. The first-order valence-corrected chi connectivity index (χ1v) is 8.82. The summed E-state index contributed by atoms with van der Waals surface area (Å²) in [5, 5.41) is 0. The van der Waals surface area contributed by atoms with Gasteiger partial charge in [-0.3, -0.25) is 0 Å². The van der Waals surface area contributed by atoms with E-state index in [1.807, 2.05) is 32.0 Å². The summed E-state index contributed by atoms with van der Waals surface area (Å²) in [5.41, 5.74) is 3.21. The first kappa shape index (κ1) is 16.4. The highest BCUT2D eigenvalue weighted by Crippen LogP contribution is 2.42. The van der Waals surface area contributed by atoms with Crippen LogP contribution in [0, 0.1) is 12.7 Å². The van der Waals surface area contributed by atoms with Crippen molar-refractivity contribution in [3.63, 3.8) is 0 Å². The van der Waals surface area contributed by atoms with Crippen molar-refractivity contribution in [2.75, 3.05) is 50.6 Å². The van der Waals surface area contributed by atoms with Gasteiger partial charge in [0.1, 0.15) is 17.5 Å². The second kappa shape index (κ2) is 5.46. The Morgan fingerprint density at radius 3 is 2.64 bits per heavy atom. The molecule has 1 saturated heterocycles. The molecule has 0 spiro atoms. The SMILES string of the molecule is C=C1N=C2c3c(cc(C)c(F)c3N(C)CC3CN(C)CC(C)N23)N1C. The standard InChI is InChI=1S/C19H26FN5/c1-11-7-15-16-18(17(11)20)23(5)10-14-9-22(4)8-12(2)25(14)19(16)21-13(3)24(15)6/h7,12,14H,3,8-10H2,1-2,4-6H3. The summed E-state index contributed by atoms with van der Waals surface area (Å²) in [5.74, 6) is 1.44. The van der Waals surface area contributed by atoms with Crippen LogP contribution in [0.5, 0.6) is 0 Å². The molecule has 3 heterocycles. The number of hydrogen-bond donors (Lipinski definition) is 0. The van der Waals surface area contributed by atoms with Gasteiger partial charge in [-0.2, -0.15) is 0 Å². The molecule has 2 atom stereocenters. The number of rotatable bonds is 0. The van der Waals surface area contributed by atoms with E-state index in [4.69, 9.17) is 4.99 Å². The minimum Gasteiger partial charge on any atom is -0.369 e. The van der Waals surface area contributed by atoms with Crippen molar-refractivity contribution in [1.29, 1.82) is 0 Å². The van der Waals surface area contributed by atoms with Crippen molar-refractivity contribution in [3.05, 3.63) is 35.4 Å². The molecule has 4 rings (SSSR count). The number of amidine groups is 1. The van der Waals surface area contributed by atoms with Crippen LogP contribution in [-0.4, -0.2) is 68.5 Å². The summed E-state index contributed by atoms with van der Waals surface area (Å²) >= 11 is 0. The normalized spacial score (nSPS) is 26.2. The molecule has 134 valence electrons. The van der Waals surface area contributed by atoms with Gasteiger partial charge in [0.05, 0.1) is 23.0 Å². The van der Waals surface area contributed by atoms with Crippen LogP contribution >= 0.6 is 0 Å². The molecule has 5 nitrogen and oxygen atoms in total. The summed E-state index contributed by atoms with van der Waals surface area (Å²) in [4.78, 5) is 13.6. The van der Waals surface area contributed by atoms with E-state index in [0.717, 1.165) is 36.7 Å². The molecule has 0 bridgehead atoms. The van der Waals surface area contributed by atoms with Crippen molar-refractivity contribution >= 4 is 17.2 Å². The Balaban J connectivity index is 2.00. The number of halogens is 1. The number of likely N-dealkylation sites (N-methyl/N-ethyl adjacent to an activating group) is 2. The number of fused-ring (bicyclic) bond motifs is 2. The molecular weight excluding hydrogens is 317 g/mol. The van der Waals surface area contributed by atoms with E-state index in [0.29, 0.717) is 23.1 Å². The van der Waals surface area contributed by atoms with Crippen LogP contribution < -0.4 is 9.80 Å². The van der Waals surface area contributed by atoms with Crippen molar-refractivity contribution in [2.24, 2.45) is 4.99 Å².